The molecule has 2 heteroatoms. The Labute approximate surface area is 87.3 Å². The zero-order chi connectivity index (χ0) is 10.4. The van der Waals surface area contributed by atoms with E-state index in [-0.39, 0.29) is 0 Å². The van der Waals surface area contributed by atoms with Gasteiger partial charge in [0.2, 0.25) is 0 Å². The standard InChI is InChI=1S/C12H22N2/c1-4-9-13-11(2)7-8-12-6-5-10-14(12)3/h5-6,10-11,13H,4,7-9H2,1-3H3. The van der Waals surface area contributed by atoms with E-state index < -0.39 is 0 Å². The second-order valence-electron chi connectivity index (χ2n) is 4.00. The van der Waals surface area contributed by atoms with Crippen LogP contribution >= 0.6 is 0 Å². The van der Waals surface area contributed by atoms with E-state index in [0.717, 1.165) is 6.54 Å². The van der Waals surface area contributed by atoms with Crippen LogP contribution in [0.5, 0.6) is 0 Å². The first kappa shape index (κ1) is 11.3. The average Bonchev–Trinajstić information content (AvgIpc) is 2.58. The lowest BCUT2D eigenvalue weighted by atomic mass is 10.1. The third-order valence-corrected chi connectivity index (χ3v) is 2.63. The maximum atomic E-state index is 3.50. The van der Waals surface area contributed by atoms with Gasteiger partial charge in [-0.2, -0.15) is 0 Å². The van der Waals surface area contributed by atoms with Crippen LogP contribution in [0.2, 0.25) is 0 Å². The Hall–Kier alpha value is -0.760. The second-order valence-corrected chi connectivity index (χ2v) is 4.00. The van der Waals surface area contributed by atoms with E-state index in [2.05, 4.69) is 49.1 Å². The second kappa shape index (κ2) is 5.86. The summed E-state index contributed by atoms with van der Waals surface area (Å²) in [6.07, 6.45) is 5.72. The summed E-state index contributed by atoms with van der Waals surface area (Å²) in [5.74, 6) is 0. The van der Waals surface area contributed by atoms with Crippen LogP contribution in [0.25, 0.3) is 0 Å². The number of rotatable bonds is 6. The smallest absolute Gasteiger partial charge is 0.0172 e. The molecular formula is C12H22N2. The molecule has 1 unspecified atom stereocenters. The van der Waals surface area contributed by atoms with E-state index in [1.54, 1.807) is 0 Å². The molecule has 0 aromatic carbocycles. The Morgan fingerprint density at radius 1 is 1.50 bits per heavy atom. The lowest BCUT2D eigenvalue weighted by Crippen LogP contribution is -2.27. The lowest BCUT2D eigenvalue weighted by Gasteiger charge is -2.13. The lowest BCUT2D eigenvalue weighted by molar-refractivity contribution is 0.508. The topological polar surface area (TPSA) is 17.0 Å². The first-order valence-electron chi connectivity index (χ1n) is 5.57. The summed E-state index contributed by atoms with van der Waals surface area (Å²) in [5, 5.41) is 3.50. The Morgan fingerprint density at radius 2 is 2.29 bits per heavy atom. The minimum Gasteiger partial charge on any atom is -0.354 e. The number of hydrogen-bond acceptors (Lipinski definition) is 1. The summed E-state index contributed by atoms with van der Waals surface area (Å²) in [6, 6.07) is 4.94. The van der Waals surface area contributed by atoms with Gasteiger partial charge in [0.15, 0.2) is 0 Å². The molecule has 1 N–H and O–H groups in total. The predicted molar refractivity (Wildman–Crippen MR) is 61.5 cm³/mol. The molecule has 1 atom stereocenters. The average molecular weight is 194 g/mol. The molecule has 1 aromatic rings. The van der Waals surface area contributed by atoms with Gasteiger partial charge in [-0.25, -0.2) is 0 Å². The quantitative estimate of drug-likeness (QED) is 0.735. The molecule has 1 aromatic heterocycles. The molecule has 0 saturated heterocycles. The summed E-state index contributed by atoms with van der Waals surface area (Å²) in [4.78, 5) is 0. The number of aryl methyl sites for hydroxylation is 2. The van der Waals surface area contributed by atoms with Crippen molar-refractivity contribution in [2.75, 3.05) is 6.54 Å². The van der Waals surface area contributed by atoms with Crippen molar-refractivity contribution in [1.82, 2.24) is 9.88 Å². The maximum absolute atomic E-state index is 3.50. The van der Waals surface area contributed by atoms with Crippen molar-refractivity contribution < 1.29 is 0 Å². The fourth-order valence-corrected chi connectivity index (χ4v) is 1.61. The van der Waals surface area contributed by atoms with Gasteiger partial charge < -0.3 is 9.88 Å². The molecule has 0 saturated carbocycles. The third kappa shape index (κ3) is 3.54. The monoisotopic (exact) mass is 194 g/mol. The molecule has 0 spiro atoms. The zero-order valence-electron chi connectivity index (χ0n) is 9.59. The van der Waals surface area contributed by atoms with Crippen molar-refractivity contribution in [2.24, 2.45) is 7.05 Å². The fourth-order valence-electron chi connectivity index (χ4n) is 1.61. The van der Waals surface area contributed by atoms with Crippen LogP contribution in [0.15, 0.2) is 18.3 Å². The molecule has 0 amide bonds. The van der Waals surface area contributed by atoms with Crippen molar-refractivity contribution in [3.63, 3.8) is 0 Å². The molecule has 0 aliphatic rings. The molecule has 80 valence electrons. The summed E-state index contributed by atoms with van der Waals surface area (Å²) >= 11 is 0. The van der Waals surface area contributed by atoms with Crippen molar-refractivity contribution in [1.29, 1.82) is 0 Å². The van der Waals surface area contributed by atoms with E-state index in [1.165, 1.54) is 25.0 Å². The van der Waals surface area contributed by atoms with Crippen molar-refractivity contribution >= 4 is 0 Å². The summed E-state index contributed by atoms with van der Waals surface area (Å²) in [6.45, 7) is 5.60. The highest BCUT2D eigenvalue weighted by Crippen LogP contribution is 2.05. The van der Waals surface area contributed by atoms with Gasteiger partial charge in [0.25, 0.3) is 0 Å². The molecule has 0 bridgehead atoms. The highest BCUT2D eigenvalue weighted by Gasteiger charge is 2.02. The molecule has 0 fully saturated rings. The van der Waals surface area contributed by atoms with Gasteiger partial charge >= 0.3 is 0 Å². The molecule has 14 heavy (non-hydrogen) atoms. The van der Waals surface area contributed by atoms with Crippen molar-refractivity contribution in [3.05, 3.63) is 24.0 Å². The number of nitrogens with one attached hydrogen (secondary N) is 1. The molecule has 0 radical (unpaired) electrons. The fraction of sp³-hybridized carbons (Fsp3) is 0.667. The molecular weight excluding hydrogens is 172 g/mol. The van der Waals surface area contributed by atoms with Gasteiger partial charge in [-0.15, -0.1) is 0 Å². The largest absolute Gasteiger partial charge is 0.354 e. The first-order valence-corrected chi connectivity index (χ1v) is 5.57. The molecule has 0 aliphatic heterocycles. The van der Waals surface area contributed by atoms with Crippen LogP contribution in [-0.2, 0) is 13.5 Å². The van der Waals surface area contributed by atoms with Crippen molar-refractivity contribution in [2.45, 2.75) is 39.2 Å². The van der Waals surface area contributed by atoms with Crippen LogP contribution in [0.1, 0.15) is 32.4 Å². The van der Waals surface area contributed by atoms with Gasteiger partial charge in [-0.05, 0) is 44.9 Å². The van der Waals surface area contributed by atoms with Crippen LogP contribution in [0.4, 0.5) is 0 Å². The van der Waals surface area contributed by atoms with Crippen molar-refractivity contribution in [3.8, 4) is 0 Å². The normalized spacial score (nSPS) is 13.1. The molecule has 1 rings (SSSR count). The van der Waals surface area contributed by atoms with E-state index >= 15 is 0 Å². The Balaban J connectivity index is 2.23. The predicted octanol–water partition coefficient (Wildman–Crippen LogP) is 2.35. The number of aromatic nitrogens is 1. The van der Waals surface area contributed by atoms with Crippen LogP contribution in [-0.4, -0.2) is 17.2 Å². The summed E-state index contributed by atoms with van der Waals surface area (Å²) < 4.78 is 2.20. The van der Waals surface area contributed by atoms with Gasteiger partial charge in [0.1, 0.15) is 0 Å². The van der Waals surface area contributed by atoms with Crippen LogP contribution in [0.3, 0.4) is 0 Å². The van der Waals surface area contributed by atoms with E-state index in [9.17, 15) is 0 Å². The Morgan fingerprint density at radius 3 is 2.86 bits per heavy atom. The van der Waals surface area contributed by atoms with Gasteiger partial charge in [0.05, 0.1) is 0 Å². The number of nitrogens with zero attached hydrogens (tertiary/aromatic N) is 1. The van der Waals surface area contributed by atoms with Crippen LogP contribution < -0.4 is 5.32 Å². The summed E-state index contributed by atoms with van der Waals surface area (Å²) in [7, 11) is 2.11. The SMILES string of the molecule is CCCNC(C)CCc1cccn1C. The highest BCUT2D eigenvalue weighted by molar-refractivity contribution is 5.06. The zero-order valence-corrected chi connectivity index (χ0v) is 9.59. The van der Waals surface area contributed by atoms with Gasteiger partial charge in [-0.1, -0.05) is 6.92 Å². The Bertz CT molecular complexity index is 253. The summed E-state index contributed by atoms with van der Waals surface area (Å²) in [5.41, 5.74) is 1.43. The molecule has 1 heterocycles. The molecule has 2 nitrogen and oxygen atoms in total. The Kier molecular flexibility index (Phi) is 4.74. The van der Waals surface area contributed by atoms with E-state index in [4.69, 9.17) is 0 Å². The van der Waals surface area contributed by atoms with Gasteiger partial charge in [0, 0.05) is 25.0 Å². The van der Waals surface area contributed by atoms with E-state index in [1.807, 2.05) is 0 Å². The minimum absolute atomic E-state index is 0.629. The third-order valence-electron chi connectivity index (χ3n) is 2.63. The van der Waals surface area contributed by atoms with Gasteiger partial charge in [-0.3, -0.25) is 0 Å². The van der Waals surface area contributed by atoms with E-state index in [0.29, 0.717) is 6.04 Å². The maximum Gasteiger partial charge on any atom is 0.0172 e. The van der Waals surface area contributed by atoms with Crippen LogP contribution in [0, 0.1) is 0 Å². The first-order chi connectivity index (χ1) is 6.74. The minimum atomic E-state index is 0.629. The highest BCUT2D eigenvalue weighted by atomic mass is 14.9. The number of hydrogen-bond donors (Lipinski definition) is 1. The molecule has 0 aliphatic carbocycles.